The lowest BCUT2D eigenvalue weighted by Crippen LogP contribution is -2.46. The van der Waals surface area contributed by atoms with Gasteiger partial charge < -0.3 is 15.0 Å². The van der Waals surface area contributed by atoms with Crippen molar-refractivity contribution >= 4 is 17.6 Å². The highest BCUT2D eigenvalue weighted by Crippen LogP contribution is 2.61. The number of esters is 1. The fourth-order valence-electron chi connectivity index (χ4n) is 8.13. The van der Waals surface area contributed by atoms with Gasteiger partial charge in [0, 0.05) is 29.3 Å². The van der Waals surface area contributed by atoms with Crippen LogP contribution in [0.15, 0.2) is 79.1 Å². The zero-order valence-corrected chi connectivity index (χ0v) is 23.7. The van der Waals surface area contributed by atoms with Crippen LogP contribution in [0.5, 0.6) is 0 Å². The fraction of sp³-hybridized carbons (Fsp3) is 0.371. The summed E-state index contributed by atoms with van der Waals surface area (Å²) in [6, 6.07) is 20.2. The number of anilines is 1. The summed E-state index contributed by atoms with van der Waals surface area (Å²) < 4.78 is 5.49. The summed E-state index contributed by atoms with van der Waals surface area (Å²) in [7, 11) is 0. The molecule has 2 N–H and O–H groups in total. The molecule has 0 unspecified atom stereocenters. The number of carbonyl (C=O) groups is 2. The fourth-order valence-corrected chi connectivity index (χ4v) is 8.13. The number of aromatic nitrogens is 3. The van der Waals surface area contributed by atoms with Crippen LogP contribution in [0.1, 0.15) is 77.0 Å². The van der Waals surface area contributed by atoms with Gasteiger partial charge in [0.1, 0.15) is 18.1 Å². The molecular formula is C35H36N4O3. The molecule has 42 heavy (non-hydrogen) atoms. The van der Waals surface area contributed by atoms with Gasteiger partial charge in [0.05, 0.1) is 5.56 Å². The SMILES string of the molecule is O=C(OCc1ccccc1)c1cccc(NC(=O)c2nc(-c3ccncc3)[nH]c2CCC23CC4CC(CC(C4)C2)C3)c1. The number of nitrogens with one attached hydrogen (secondary N) is 2. The molecule has 8 rings (SSSR count). The van der Waals surface area contributed by atoms with Crippen LogP contribution in [0.2, 0.25) is 0 Å². The lowest BCUT2D eigenvalue weighted by Gasteiger charge is -2.57. The van der Waals surface area contributed by atoms with Gasteiger partial charge in [0.25, 0.3) is 5.91 Å². The van der Waals surface area contributed by atoms with E-state index in [-0.39, 0.29) is 12.5 Å². The van der Waals surface area contributed by atoms with E-state index in [1.165, 1.54) is 38.5 Å². The molecule has 0 spiro atoms. The number of ether oxygens (including phenoxy) is 1. The van der Waals surface area contributed by atoms with Gasteiger partial charge in [-0.1, -0.05) is 36.4 Å². The number of nitrogens with zero attached hydrogens (tertiary/aromatic N) is 2. The number of benzene rings is 2. The van der Waals surface area contributed by atoms with Crippen molar-refractivity contribution in [3.63, 3.8) is 0 Å². The van der Waals surface area contributed by atoms with E-state index in [4.69, 9.17) is 9.72 Å². The zero-order valence-electron chi connectivity index (χ0n) is 23.7. The molecule has 7 heteroatoms. The van der Waals surface area contributed by atoms with Gasteiger partial charge in [-0.25, -0.2) is 9.78 Å². The van der Waals surface area contributed by atoms with E-state index in [0.717, 1.165) is 47.4 Å². The highest BCUT2D eigenvalue weighted by Gasteiger charge is 2.50. The van der Waals surface area contributed by atoms with Crippen LogP contribution in [0.25, 0.3) is 11.4 Å². The van der Waals surface area contributed by atoms with Crippen molar-refractivity contribution in [1.29, 1.82) is 0 Å². The Hall–Kier alpha value is -4.26. The normalized spacial score (nSPS) is 24.0. The smallest absolute Gasteiger partial charge is 0.338 e. The van der Waals surface area contributed by atoms with Gasteiger partial charge in [0.2, 0.25) is 0 Å². The predicted molar refractivity (Wildman–Crippen MR) is 161 cm³/mol. The standard InChI is InChI=1S/C35H36N4O3/c40-33(37-29-8-4-7-28(18-29)34(41)42-22-23-5-2-1-3-6-23)31-30(38-32(39-31)27-10-13-36-14-11-27)9-12-35-19-24-15-25(20-35)17-26(16-24)21-35/h1-8,10-11,13-14,18,24-26H,9,12,15-17,19-22H2,(H,37,40)(H,38,39). The molecule has 4 saturated carbocycles. The number of pyridine rings is 1. The molecule has 4 aliphatic carbocycles. The Labute approximate surface area is 246 Å². The van der Waals surface area contributed by atoms with Crippen LogP contribution < -0.4 is 5.32 Å². The zero-order chi connectivity index (χ0) is 28.5. The summed E-state index contributed by atoms with van der Waals surface area (Å²) in [5.74, 6) is 2.61. The van der Waals surface area contributed by atoms with E-state index in [1.807, 2.05) is 42.5 Å². The monoisotopic (exact) mass is 560 g/mol. The Morgan fingerprint density at radius 1 is 0.905 bits per heavy atom. The van der Waals surface area contributed by atoms with Gasteiger partial charge in [0.15, 0.2) is 0 Å². The van der Waals surface area contributed by atoms with Crippen molar-refractivity contribution < 1.29 is 14.3 Å². The maximum atomic E-state index is 13.7. The molecule has 4 aromatic rings. The van der Waals surface area contributed by atoms with Crippen molar-refractivity contribution in [3.05, 3.63) is 102 Å². The minimum Gasteiger partial charge on any atom is -0.457 e. The van der Waals surface area contributed by atoms with Crippen molar-refractivity contribution in [3.8, 4) is 11.4 Å². The second-order valence-electron chi connectivity index (χ2n) is 12.7. The van der Waals surface area contributed by atoms with Crippen LogP contribution in [0.3, 0.4) is 0 Å². The average Bonchev–Trinajstić information content (AvgIpc) is 3.44. The number of carbonyl (C=O) groups excluding carboxylic acids is 2. The van der Waals surface area contributed by atoms with Gasteiger partial charge in [-0.2, -0.15) is 0 Å². The molecule has 0 aliphatic heterocycles. The van der Waals surface area contributed by atoms with Gasteiger partial charge in [-0.05, 0) is 110 Å². The number of amides is 1. The van der Waals surface area contributed by atoms with E-state index in [9.17, 15) is 9.59 Å². The summed E-state index contributed by atoms with van der Waals surface area (Å²) in [4.78, 5) is 38.8. The number of hydrogen-bond donors (Lipinski definition) is 2. The molecular weight excluding hydrogens is 524 g/mol. The van der Waals surface area contributed by atoms with Crippen molar-refractivity contribution in [2.45, 2.75) is 58.0 Å². The number of H-pyrrole nitrogens is 1. The summed E-state index contributed by atoms with van der Waals surface area (Å²) in [5.41, 5.74) is 4.39. The van der Waals surface area contributed by atoms with Crippen LogP contribution in [-0.2, 0) is 17.8 Å². The van der Waals surface area contributed by atoms with Gasteiger partial charge >= 0.3 is 5.97 Å². The third-order valence-electron chi connectivity index (χ3n) is 9.59. The van der Waals surface area contributed by atoms with Gasteiger partial charge in [-0.15, -0.1) is 0 Å². The first kappa shape index (κ1) is 26.6. The van der Waals surface area contributed by atoms with Crippen molar-refractivity contribution in [2.24, 2.45) is 23.2 Å². The quantitative estimate of drug-likeness (QED) is 0.211. The molecule has 214 valence electrons. The summed E-state index contributed by atoms with van der Waals surface area (Å²) in [5, 5.41) is 2.98. The second kappa shape index (κ2) is 11.2. The Bertz CT molecular complexity index is 1550. The summed E-state index contributed by atoms with van der Waals surface area (Å²) >= 11 is 0. The lowest BCUT2D eigenvalue weighted by atomic mass is 9.48. The van der Waals surface area contributed by atoms with E-state index in [2.05, 4.69) is 15.3 Å². The molecule has 2 heterocycles. The first-order valence-electron chi connectivity index (χ1n) is 15.1. The molecule has 0 saturated heterocycles. The minimum atomic E-state index is -0.439. The number of aryl methyl sites for hydroxylation is 1. The van der Waals surface area contributed by atoms with E-state index < -0.39 is 5.97 Å². The third kappa shape index (κ3) is 5.60. The first-order chi connectivity index (χ1) is 20.5. The van der Waals surface area contributed by atoms with Crippen molar-refractivity contribution in [1.82, 2.24) is 15.0 Å². The average molecular weight is 561 g/mol. The van der Waals surface area contributed by atoms with Crippen molar-refractivity contribution in [2.75, 3.05) is 5.32 Å². The second-order valence-corrected chi connectivity index (χ2v) is 12.7. The maximum absolute atomic E-state index is 13.7. The molecule has 7 nitrogen and oxygen atoms in total. The Morgan fingerprint density at radius 3 is 2.33 bits per heavy atom. The largest absolute Gasteiger partial charge is 0.457 e. The maximum Gasteiger partial charge on any atom is 0.338 e. The Balaban J connectivity index is 1.09. The molecule has 2 aromatic heterocycles. The molecule has 0 atom stereocenters. The summed E-state index contributed by atoms with van der Waals surface area (Å²) in [6.45, 7) is 0.189. The predicted octanol–water partition coefficient (Wildman–Crippen LogP) is 7.23. The molecule has 0 radical (unpaired) electrons. The molecule has 4 bridgehead atoms. The lowest BCUT2D eigenvalue weighted by molar-refractivity contribution is -0.0570. The molecule has 4 fully saturated rings. The Kier molecular flexibility index (Phi) is 7.10. The molecule has 2 aromatic carbocycles. The number of rotatable bonds is 9. The number of hydrogen-bond acceptors (Lipinski definition) is 5. The van der Waals surface area contributed by atoms with Crippen LogP contribution in [-0.4, -0.2) is 26.8 Å². The third-order valence-corrected chi connectivity index (χ3v) is 9.59. The minimum absolute atomic E-state index is 0.189. The van der Waals surface area contributed by atoms with Crippen LogP contribution >= 0.6 is 0 Å². The highest BCUT2D eigenvalue weighted by atomic mass is 16.5. The van der Waals surface area contributed by atoms with Crippen LogP contribution in [0, 0.1) is 23.2 Å². The van der Waals surface area contributed by atoms with E-state index in [0.29, 0.717) is 28.2 Å². The van der Waals surface area contributed by atoms with E-state index >= 15 is 0 Å². The van der Waals surface area contributed by atoms with Crippen LogP contribution in [0.4, 0.5) is 5.69 Å². The number of aromatic amines is 1. The highest BCUT2D eigenvalue weighted by molar-refractivity contribution is 6.04. The molecule has 4 aliphatic rings. The topological polar surface area (TPSA) is 97.0 Å². The first-order valence-corrected chi connectivity index (χ1v) is 15.1. The van der Waals surface area contributed by atoms with E-state index in [1.54, 1.807) is 36.7 Å². The summed E-state index contributed by atoms with van der Waals surface area (Å²) in [6.07, 6.45) is 13.6. The number of imidazole rings is 1. The Morgan fingerprint density at radius 2 is 1.62 bits per heavy atom. The van der Waals surface area contributed by atoms with Gasteiger partial charge in [-0.3, -0.25) is 9.78 Å². The molecule has 1 amide bonds.